The SMILES string of the molecule is Cc1cc(N)c(-n2nc(C)c(Br)c2C)cc1C. The van der Waals surface area contributed by atoms with Crippen LogP contribution in [0.4, 0.5) is 5.69 Å². The summed E-state index contributed by atoms with van der Waals surface area (Å²) in [6.07, 6.45) is 0. The Morgan fingerprint density at radius 2 is 1.71 bits per heavy atom. The largest absolute Gasteiger partial charge is 0.397 e. The van der Waals surface area contributed by atoms with Gasteiger partial charge in [-0.2, -0.15) is 5.10 Å². The second kappa shape index (κ2) is 4.18. The summed E-state index contributed by atoms with van der Waals surface area (Å²) in [5.41, 5.74) is 12.2. The first kappa shape index (κ1) is 12.2. The van der Waals surface area contributed by atoms with E-state index < -0.39 is 0 Å². The Morgan fingerprint density at radius 1 is 1.12 bits per heavy atom. The zero-order chi connectivity index (χ0) is 12.7. The van der Waals surface area contributed by atoms with Gasteiger partial charge in [-0.3, -0.25) is 0 Å². The van der Waals surface area contributed by atoms with E-state index in [0.717, 1.165) is 27.2 Å². The van der Waals surface area contributed by atoms with Crippen molar-refractivity contribution in [1.82, 2.24) is 9.78 Å². The van der Waals surface area contributed by atoms with Crippen molar-refractivity contribution in [3.8, 4) is 5.69 Å². The van der Waals surface area contributed by atoms with Gasteiger partial charge in [-0.1, -0.05) is 0 Å². The summed E-state index contributed by atoms with van der Waals surface area (Å²) in [6, 6.07) is 4.07. The lowest BCUT2D eigenvalue weighted by molar-refractivity contribution is 0.834. The van der Waals surface area contributed by atoms with Crippen molar-refractivity contribution in [2.45, 2.75) is 27.7 Å². The van der Waals surface area contributed by atoms with E-state index >= 15 is 0 Å². The lowest BCUT2D eigenvalue weighted by Gasteiger charge is -2.11. The molecule has 0 amide bonds. The number of aromatic nitrogens is 2. The highest BCUT2D eigenvalue weighted by atomic mass is 79.9. The van der Waals surface area contributed by atoms with Gasteiger partial charge in [0.15, 0.2) is 0 Å². The Labute approximate surface area is 110 Å². The highest BCUT2D eigenvalue weighted by Crippen LogP contribution is 2.27. The van der Waals surface area contributed by atoms with Crippen molar-refractivity contribution < 1.29 is 0 Å². The van der Waals surface area contributed by atoms with Crippen molar-refractivity contribution >= 4 is 21.6 Å². The maximum Gasteiger partial charge on any atom is 0.0881 e. The van der Waals surface area contributed by atoms with Crippen molar-refractivity contribution in [3.63, 3.8) is 0 Å². The van der Waals surface area contributed by atoms with E-state index in [-0.39, 0.29) is 0 Å². The van der Waals surface area contributed by atoms with Gasteiger partial charge in [-0.25, -0.2) is 4.68 Å². The van der Waals surface area contributed by atoms with Crippen LogP contribution >= 0.6 is 15.9 Å². The fraction of sp³-hybridized carbons (Fsp3) is 0.308. The molecular weight excluding hydrogens is 278 g/mol. The zero-order valence-corrected chi connectivity index (χ0v) is 12.1. The topological polar surface area (TPSA) is 43.8 Å². The highest BCUT2D eigenvalue weighted by Gasteiger charge is 2.13. The maximum atomic E-state index is 6.07. The molecule has 0 atom stereocenters. The Hall–Kier alpha value is -1.29. The second-order valence-electron chi connectivity index (χ2n) is 4.39. The van der Waals surface area contributed by atoms with Gasteiger partial charge in [-0.15, -0.1) is 0 Å². The van der Waals surface area contributed by atoms with E-state index in [1.807, 2.05) is 24.6 Å². The maximum absolute atomic E-state index is 6.07. The van der Waals surface area contributed by atoms with E-state index in [4.69, 9.17) is 5.73 Å². The molecule has 1 aromatic heterocycles. The average molecular weight is 294 g/mol. The van der Waals surface area contributed by atoms with E-state index in [2.05, 4.69) is 40.9 Å². The van der Waals surface area contributed by atoms with Gasteiger partial charge in [0, 0.05) is 0 Å². The van der Waals surface area contributed by atoms with E-state index in [9.17, 15) is 0 Å². The van der Waals surface area contributed by atoms with Gasteiger partial charge in [-0.05, 0) is 66.9 Å². The van der Waals surface area contributed by atoms with Crippen LogP contribution in [0.25, 0.3) is 5.69 Å². The monoisotopic (exact) mass is 293 g/mol. The summed E-state index contributed by atoms with van der Waals surface area (Å²) in [4.78, 5) is 0. The van der Waals surface area contributed by atoms with Crippen LogP contribution in [-0.2, 0) is 0 Å². The van der Waals surface area contributed by atoms with Crippen LogP contribution in [0.5, 0.6) is 0 Å². The second-order valence-corrected chi connectivity index (χ2v) is 5.18. The van der Waals surface area contributed by atoms with Gasteiger partial charge in [0.2, 0.25) is 0 Å². The lowest BCUT2D eigenvalue weighted by atomic mass is 10.1. The lowest BCUT2D eigenvalue weighted by Crippen LogP contribution is -2.04. The van der Waals surface area contributed by atoms with Crippen molar-refractivity contribution in [1.29, 1.82) is 0 Å². The molecule has 4 heteroatoms. The van der Waals surface area contributed by atoms with Gasteiger partial charge in [0.25, 0.3) is 0 Å². The van der Waals surface area contributed by atoms with E-state index in [0.29, 0.717) is 0 Å². The fourth-order valence-electron chi connectivity index (χ4n) is 1.86. The Morgan fingerprint density at radius 3 is 2.24 bits per heavy atom. The molecule has 17 heavy (non-hydrogen) atoms. The summed E-state index contributed by atoms with van der Waals surface area (Å²) in [6.45, 7) is 8.15. The molecule has 0 bridgehead atoms. The summed E-state index contributed by atoms with van der Waals surface area (Å²) in [5.74, 6) is 0. The Balaban J connectivity index is 2.68. The van der Waals surface area contributed by atoms with E-state index in [1.54, 1.807) is 0 Å². The number of nitrogen functional groups attached to an aromatic ring is 1. The normalized spacial score (nSPS) is 10.9. The molecule has 0 saturated heterocycles. The summed E-state index contributed by atoms with van der Waals surface area (Å²) in [7, 11) is 0. The quantitative estimate of drug-likeness (QED) is 0.819. The average Bonchev–Trinajstić information content (AvgIpc) is 2.51. The number of nitrogens with zero attached hydrogens (tertiary/aromatic N) is 2. The molecule has 2 aromatic rings. The Kier molecular flexibility index (Phi) is 3.00. The summed E-state index contributed by atoms with van der Waals surface area (Å²) >= 11 is 3.53. The minimum absolute atomic E-state index is 0.756. The third kappa shape index (κ3) is 1.97. The highest BCUT2D eigenvalue weighted by molar-refractivity contribution is 9.10. The predicted molar refractivity (Wildman–Crippen MR) is 74.6 cm³/mol. The molecule has 90 valence electrons. The van der Waals surface area contributed by atoms with Crippen LogP contribution < -0.4 is 5.73 Å². The number of halogens is 1. The molecule has 2 rings (SSSR count). The predicted octanol–water partition coefficient (Wildman–Crippen LogP) is 3.45. The number of hydrogen-bond donors (Lipinski definition) is 1. The molecular formula is C13H16BrN3. The molecule has 1 heterocycles. The molecule has 0 saturated carbocycles. The van der Waals surface area contributed by atoms with Gasteiger partial charge < -0.3 is 5.73 Å². The molecule has 0 unspecified atom stereocenters. The minimum Gasteiger partial charge on any atom is -0.397 e. The van der Waals surface area contributed by atoms with Crippen LogP contribution in [0.1, 0.15) is 22.5 Å². The molecule has 0 radical (unpaired) electrons. The first-order valence-corrected chi connectivity index (χ1v) is 6.30. The van der Waals surface area contributed by atoms with Crippen LogP contribution in [0.2, 0.25) is 0 Å². The fourth-order valence-corrected chi connectivity index (χ4v) is 2.11. The van der Waals surface area contributed by atoms with E-state index in [1.165, 1.54) is 11.1 Å². The molecule has 3 nitrogen and oxygen atoms in total. The molecule has 0 aliphatic rings. The third-order valence-electron chi connectivity index (χ3n) is 3.07. The molecule has 1 aromatic carbocycles. The van der Waals surface area contributed by atoms with Gasteiger partial charge in [0.1, 0.15) is 0 Å². The molecule has 0 fully saturated rings. The molecule has 0 aliphatic heterocycles. The van der Waals surface area contributed by atoms with Crippen LogP contribution in [-0.4, -0.2) is 9.78 Å². The van der Waals surface area contributed by atoms with Crippen LogP contribution in [0, 0.1) is 27.7 Å². The number of nitrogens with two attached hydrogens (primary N) is 1. The molecule has 2 N–H and O–H groups in total. The first-order chi connectivity index (χ1) is 7.91. The smallest absolute Gasteiger partial charge is 0.0881 e. The number of rotatable bonds is 1. The number of anilines is 1. The Bertz CT molecular complexity index is 585. The first-order valence-electron chi connectivity index (χ1n) is 5.50. The standard InChI is InChI=1S/C13H16BrN3/c1-7-5-11(15)12(6-8(7)2)17-10(4)13(14)9(3)16-17/h5-6H,15H2,1-4H3. The van der Waals surface area contributed by atoms with Crippen molar-refractivity contribution in [2.24, 2.45) is 0 Å². The minimum atomic E-state index is 0.756. The third-order valence-corrected chi connectivity index (χ3v) is 4.22. The molecule has 0 spiro atoms. The van der Waals surface area contributed by atoms with Gasteiger partial charge >= 0.3 is 0 Å². The number of aryl methyl sites for hydroxylation is 3. The summed E-state index contributed by atoms with van der Waals surface area (Å²) in [5, 5.41) is 4.50. The van der Waals surface area contributed by atoms with Crippen molar-refractivity contribution in [3.05, 3.63) is 39.1 Å². The number of benzene rings is 1. The van der Waals surface area contributed by atoms with Gasteiger partial charge in [0.05, 0.1) is 27.2 Å². The molecule has 0 aliphatic carbocycles. The van der Waals surface area contributed by atoms with Crippen LogP contribution in [0.15, 0.2) is 16.6 Å². The summed E-state index contributed by atoms with van der Waals surface area (Å²) < 4.78 is 2.93. The van der Waals surface area contributed by atoms with Crippen LogP contribution in [0.3, 0.4) is 0 Å². The zero-order valence-electron chi connectivity index (χ0n) is 10.5. The van der Waals surface area contributed by atoms with Crippen molar-refractivity contribution in [2.75, 3.05) is 5.73 Å². The number of hydrogen-bond acceptors (Lipinski definition) is 2.